The van der Waals surface area contributed by atoms with E-state index in [1.54, 1.807) is 0 Å². The normalized spacial score (nSPS) is 20.1. The van der Waals surface area contributed by atoms with E-state index in [-0.39, 0.29) is 12.6 Å². The summed E-state index contributed by atoms with van der Waals surface area (Å²) in [6.07, 6.45) is -15.3. The van der Waals surface area contributed by atoms with Crippen molar-refractivity contribution in [3.05, 3.63) is 0 Å². The van der Waals surface area contributed by atoms with Gasteiger partial charge in [-0.25, -0.2) is 8.37 Å². The molecule has 0 bridgehead atoms. The van der Waals surface area contributed by atoms with Crippen molar-refractivity contribution in [1.29, 1.82) is 0 Å². The third-order valence-corrected chi connectivity index (χ3v) is 4.06. The molecule has 0 rings (SSSR count). The molecule has 17 nitrogen and oxygen atoms in total. The fourth-order valence-electron chi connectivity index (χ4n) is 1.57. The summed E-state index contributed by atoms with van der Waals surface area (Å²) in [5.41, 5.74) is 0. The molecule has 8 atom stereocenters. The SMILES string of the molecule is C[C@H](O)[C@@H](O)[C@@H](O)[C@H](O)C=O.O=C[C@@H](O)[C@@H](OS(=O)(=O)O)[C@H](O)[C@H](O)COS(=O)(=O)O. The van der Waals surface area contributed by atoms with Gasteiger partial charge >= 0.3 is 20.8 Å². The first-order chi connectivity index (χ1) is 13.9. The summed E-state index contributed by atoms with van der Waals surface area (Å²) in [5.74, 6) is 0. The van der Waals surface area contributed by atoms with Crippen molar-refractivity contribution >= 4 is 33.4 Å². The van der Waals surface area contributed by atoms with E-state index in [0.717, 1.165) is 0 Å². The number of hydrogen-bond donors (Lipinski definition) is 9. The van der Waals surface area contributed by atoms with Gasteiger partial charge in [-0.3, -0.25) is 9.11 Å². The molecule has 0 aromatic rings. The van der Waals surface area contributed by atoms with Gasteiger partial charge in [-0.2, -0.15) is 16.8 Å². The molecule has 0 radical (unpaired) electrons. The zero-order valence-corrected chi connectivity index (χ0v) is 17.2. The lowest BCUT2D eigenvalue weighted by Gasteiger charge is -2.26. The minimum atomic E-state index is -5.20. The van der Waals surface area contributed by atoms with Crippen molar-refractivity contribution < 1.29 is 79.6 Å². The van der Waals surface area contributed by atoms with Gasteiger partial charge in [0.15, 0.2) is 12.6 Å². The minimum Gasteiger partial charge on any atom is -0.391 e. The molecule has 0 amide bonds. The van der Waals surface area contributed by atoms with Gasteiger partial charge in [0.1, 0.15) is 42.7 Å². The molecule has 0 aliphatic rings. The first-order valence-corrected chi connectivity index (χ1v) is 10.6. The molecule has 0 aliphatic carbocycles. The lowest BCUT2D eigenvalue weighted by Crippen LogP contribution is -2.49. The Balaban J connectivity index is 0. The van der Waals surface area contributed by atoms with Gasteiger partial charge < -0.3 is 45.3 Å². The van der Waals surface area contributed by atoms with Crippen LogP contribution in [0.4, 0.5) is 0 Å². The predicted molar refractivity (Wildman–Crippen MR) is 93.8 cm³/mol. The van der Waals surface area contributed by atoms with Crippen LogP contribution in [0.25, 0.3) is 0 Å². The van der Waals surface area contributed by atoms with Gasteiger partial charge in [0.25, 0.3) is 0 Å². The van der Waals surface area contributed by atoms with Crippen molar-refractivity contribution in [3.8, 4) is 0 Å². The van der Waals surface area contributed by atoms with Crippen LogP contribution in [0.3, 0.4) is 0 Å². The third kappa shape index (κ3) is 14.5. The molecule has 0 fully saturated rings. The molecule has 19 heteroatoms. The summed E-state index contributed by atoms with van der Waals surface area (Å²) in [7, 11) is -10.1. The van der Waals surface area contributed by atoms with Crippen LogP contribution in [-0.4, -0.2) is 130 Å². The largest absolute Gasteiger partial charge is 0.397 e. The Hall–Kier alpha value is -1.20. The molecule has 0 saturated carbocycles. The van der Waals surface area contributed by atoms with Crippen molar-refractivity contribution in [1.82, 2.24) is 0 Å². The van der Waals surface area contributed by atoms with Crippen LogP contribution in [-0.2, 0) is 38.8 Å². The summed E-state index contributed by atoms with van der Waals surface area (Å²) in [6.45, 7) is 0.00230. The fraction of sp³-hybridized carbons (Fsp3) is 0.833. The number of hydrogen-bond acceptors (Lipinski definition) is 15. The Morgan fingerprint density at radius 2 is 1.19 bits per heavy atom. The van der Waals surface area contributed by atoms with Gasteiger partial charge in [0.05, 0.1) is 12.7 Å². The molecule has 0 saturated heterocycles. The Bertz CT molecular complexity index is 734. The first kappa shape index (κ1) is 32.0. The predicted octanol–water partition coefficient (Wildman–Crippen LogP) is -6.08. The quantitative estimate of drug-likeness (QED) is 0.0832. The average molecular weight is 504 g/mol. The second kappa shape index (κ2) is 14.1. The molecule has 0 spiro atoms. The summed E-state index contributed by atoms with van der Waals surface area (Å²) in [6, 6.07) is 0. The van der Waals surface area contributed by atoms with E-state index in [0.29, 0.717) is 0 Å². The highest BCUT2D eigenvalue weighted by atomic mass is 32.3. The third-order valence-electron chi connectivity index (χ3n) is 3.16. The highest BCUT2D eigenvalue weighted by Crippen LogP contribution is 2.12. The Morgan fingerprint density at radius 1 is 0.742 bits per heavy atom. The van der Waals surface area contributed by atoms with E-state index in [4.69, 9.17) is 34.6 Å². The second-order valence-corrected chi connectivity index (χ2v) is 7.87. The maximum Gasteiger partial charge on any atom is 0.397 e. The Kier molecular flexibility index (Phi) is 14.5. The van der Waals surface area contributed by atoms with Crippen LogP contribution >= 0.6 is 0 Å². The Morgan fingerprint density at radius 3 is 1.52 bits per heavy atom. The van der Waals surface area contributed by atoms with E-state index >= 15 is 0 Å². The number of aliphatic hydroxyl groups is 7. The lowest BCUT2D eigenvalue weighted by atomic mass is 10.0. The summed E-state index contributed by atoms with van der Waals surface area (Å²) < 4.78 is 65.4. The molecule has 186 valence electrons. The van der Waals surface area contributed by atoms with Crippen molar-refractivity contribution in [3.63, 3.8) is 0 Å². The van der Waals surface area contributed by atoms with E-state index in [9.17, 15) is 36.6 Å². The molecular weight excluding hydrogens is 480 g/mol. The summed E-state index contributed by atoms with van der Waals surface area (Å²) >= 11 is 0. The summed E-state index contributed by atoms with van der Waals surface area (Å²) in [4.78, 5) is 20.2. The second-order valence-electron chi connectivity index (χ2n) is 5.73. The average Bonchev–Trinajstić information content (AvgIpc) is 2.66. The first-order valence-electron chi connectivity index (χ1n) is 7.82. The van der Waals surface area contributed by atoms with Crippen molar-refractivity contribution in [2.45, 2.75) is 55.8 Å². The van der Waals surface area contributed by atoms with Gasteiger partial charge in [0.2, 0.25) is 0 Å². The topological polar surface area (TPSA) is 303 Å². The van der Waals surface area contributed by atoms with Gasteiger partial charge in [-0.1, -0.05) is 0 Å². The fourth-order valence-corrected chi connectivity index (χ4v) is 2.39. The van der Waals surface area contributed by atoms with Gasteiger partial charge in [0, 0.05) is 0 Å². The minimum absolute atomic E-state index is 0.0935. The van der Waals surface area contributed by atoms with E-state index in [1.807, 2.05) is 0 Å². The van der Waals surface area contributed by atoms with Crippen LogP contribution in [0.2, 0.25) is 0 Å². The smallest absolute Gasteiger partial charge is 0.391 e. The number of rotatable bonds is 13. The van der Waals surface area contributed by atoms with Crippen LogP contribution in [0, 0.1) is 0 Å². The molecule has 0 aromatic carbocycles. The molecule has 0 heterocycles. The van der Waals surface area contributed by atoms with Gasteiger partial charge in [-0.05, 0) is 6.92 Å². The maximum atomic E-state index is 10.5. The number of aldehydes is 2. The van der Waals surface area contributed by atoms with Crippen molar-refractivity contribution in [2.75, 3.05) is 6.61 Å². The highest BCUT2D eigenvalue weighted by Gasteiger charge is 2.37. The van der Waals surface area contributed by atoms with Crippen LogP contribution < -0.4 is 0 Å². The van der Waals surface area contributed by atoms with Crippen LogP contribution in [0.5, 0.6) is 0 Å². The molecule has 0 unspecified atom stereocenters. The zero-order valence-electron chi connectivity index (χ0n) is 15.6. The molecule has 0 aliphatic heterocycles. The van der Waals surface area contributed by atoms with E-state index < -0.39 is 76.2 Å². The molecule has 0 aromatic heterocycles. The highest BCUT2D eigenvalue weighted by molar-refractivity contribution is 7.81. The summed E-state index contributed by atoms with van der Waals surface area (Å²) in [5, 5.41) is 62.9. The van der Waals surface area contributed by atoms with Crippen LogP contribution in [0.15, 0.2) is 0 Å². The van der Waals surface area contributed by atoms with Gasteiger partial charge in [-0.15, -0.1) is 0 Å². The Labute approximate surface area is 176 Å². The standard InChI is InChI=1S/C6H12O12S2.C6H12O5/c7-1-3(8)6(18-20(14,15)16)5(10)4(9)2-17-19(11,12)13;1-3(8)5(10)6(11)4(9)2-7/h1,3-6,8-10H,2H2,(H,11,12,13)(H,14,15,16);2-6,8-11H,1H3/t3-,4-,5-,6-;3-,4+,5+,6-/m10/s1. The zero-order chi connectivity index (χ0) is 25.2. The number of carbonyl (C=O) groups excluding carboxylic acids is 2. The van der Waals surface area contributed by atoms with E-state index in [1.165, 1.54) is 6.92 Å². The number of aliphatic hydroxyl groups excluding tert-OH is 7. The monoisotopic (exact) mass is 504 g/mol. The molecular formula is C12H24O17S2. The number of carbonyl (C=O) groups is 2. The van der Waals surface area contributed by atoms with Crippen LogP contribution in [0.1, 0.15) is 6.92 Å². The maximum absolute atomic E-state index is 10.5. The molecule has 9 N–H and O–H groups in total. The van der Waals surface area contributed by atoms with Crippen molar-refractivity contribution in [2.24, 2.45) is 0 Å². The molecule has 31 heavy (non-hydrogen) atoms. The van der Waals surface area contributed by atoms with E-state index in [2.05, 4.69) is 8.37 Å². The lowest BCUT2D eigenvalue weighted by molar-refractivity contribution is -0.132.